The highest BCUT2D eigenvalue weighted by Crippen LogP contribution is 2.29. The van der Waals surface area contributed by atoms with E-state index in [1.54, 1.807) is 43.1 Å². The van der Waals surface area contributed by atoms with Crippen LogP contribution in [0.4, 0.5) is 18.9 Å². The van der Waals surface area contributed by atoms with Crippen molar-refractivity contribution in [3.8, 4) is 5.75 Å². The Morgan fingerprint density at radius 1 is 1.04 bits per heavy atom. The van der Waals surface area contributed by atoms with Gasteiger partial charge in [-0.15, -0.1) is 0 Å². The van der Waals surface area contributed by atoms with Gasteiger partial charge in [0.15, 0.2) is 0 Å². The number of carbonyl (C=O) groups excluding carboxylic acids is 1. The van der Waals surface area contributed by atoms with Crippen LogP contribution in [-0.4, -0.2) is 13.0 Å². The molecule has 0 radical (unpaired) electrons. The lowest BCUT2D eigenvalue weighted by molar-refractivity contribution is -0.137. The Kier molecular flexibility index (Phi) is 5.49. The number of rotatable bonds is 5. The Balaban J connectivity index is 1.96. The molecular formula is C18H18F3NO2. The topological polar surface area (TPSA) is 29.5 Å². The SMILES string of the molecule is CCC(=O)N(C)c1ccc(OCc2ccc(C(F)(F)F)cc2)cc1. The Labute approximate surface area is 138 Å². The maximum atomic E-state index is 12.5. The minimum absolute atomic E-state index is 0.00780. The predicted molar refractivity (Wildman–Crippen MR) is 85.9 cm³/mol. The van der Waals surface area contributed by atoms with E-state index in [2.05, 4.69) is 0 Å². The number of hydrogen-bond donors (Lipinski definition) is 0. The lowest BCUT2D eigenvalue weighted by atomic mass is 10.1. The number of amides is 1. The molecule has 2 rings (SSSR count). The summed E-state index contributed by atoms with van der Waals surface area (Å²) in [5, 5.41) is 0. The fraction of sp³-hybridized carbons (Fsp3) is 0.278. The first-order valence-electron chi connectivity index (χ1n) is 7.47. The second kappa shape index (κ2) is 7.38. The molecule has 0 aliphatic heterocycles. The summed E-state index contributed by atoms with van der Waals surface area (Å²) in [6, 6.07) is 11.8. The molecule has 0 aliphatic rings. The summed E-state index contributed by atoms with van der Waals surface area (Å²) in [6.07, 6.45) is -3.92. The maximum absolute atomic E-state index is 12.5. The first kappa shape index (κ1) is 17.8. The number of carbonyl (C=O) groups is 1. The summed E-state index contributed by atoms with van der Waals surface area (Å²) < 4.78 is 43.0. The minimum Gasteiger partial charge on any atom is -0.489 e. The highest BCUT2D eigenvalue weighted by molar-refractivity contribution is 5.92. The van der Waals surface area contributed by atoms with E-state index in [0.29, 0.717) is 17.7 Å². The van der Waals surface area contributed by atoms with Crippen molar-refractivity contribution >= 4 is 11.6 Å². The van der Waals surface area contributed by atoms with Gasteiger partial charge in [0.05, 0.1) is 5.56 Å². The summed E-state index contributed by atoms with van der Waals surface area (Å²) in [4.78, 5) is 13.2. The standard InChI is InChI=1S/C18H18F3NO2/c1-3-17(23)22(2)15-8-10-16(11-9-15)24-12-13-4-6-14(7-5-13)18(19,20)21/h4-11H,3,12H2,1-2H3. The monoisotopic (exact) mass is 337 g/mol. The van der Waals surface area contributed by atoms with E-state index in [-0.39, 0.29) is 12.5 Å². The van der Waals surface area contributed by atoms with E-state index in [1.165, 1.54) is 12.1 Å². The molecule has 3 nitrogen and oxygen atoms in total. The van der Waals surface area contributed by atoms with Gasteiger partial charge in [0.25, 0.3) is 0 Å². The van der Waals surface area contributed by atoms with Crippen LogP contribution in [0.25, 0.3) is 0 Å². The molecule has 1 amide bonds. The zero-order chi connectivity index (χ0) is 17.7. The molecule has 0 aromatic heterocycles. The average molecular weight is 337 g/mol. The molecule has 0 aliphatic carbocycles. The molecule has 0 saturated heterocycles. The number of nitrogens with zero attached hydrogens (tertiary/aromatic N) is 1. The van der Waals surface area contributed by atoms with Gasteiger partial charge in [-0.25, -0.2) is 0 Å². The van der Waals surface area contributed by atoms with Crippen molar-refractivity contribution in [1.82, 2.24) is 0 Å². The van der Waals surface area contributed by atoms with Crippen molar-refractivity contribution in [2.45, 2.75) is 26.1 Å². The number of halogens is 3. The van der Waals surface area contributed by atoms with Crippen LogP contribution in [0.2, 0.25) is 0 Å². The summed E-state index contributed by atoms with van der Waals surface area (Å²) in [6.45, 7) is 1.96. The van der Waals surface area contributed by atoms with E-state index < -0.39 is 11.7 Å². The van der Waals surface area contributed by atoms with Crippen LogP contribution in [0.5, 0.6) is 5.75 Å². The fourth-order valence-corrected chi connectivity index (χ4v) is 2.10. The van der Waals surface area contributed by atoms with Crippen molar-refractivity contribution < 1.29 is 22.7 Å². The number of hydrogen-bond acceptors (Lipinski definition) is 2. The lowest BCUT2D eigenvalue weighted by Crippen LogP contribution is -2.24. The molecule has 0 fully saturated rings. The van der Waals surface area contributed by atoms with Gasteiger partial charge in [-0.2, -0.15) is 13.2 Å². The van der Waals surface area contributed by atoms with Crippen molar-refractivity contribution in [2.75, 3.05) is 11.9 Å². The van der Waals surface area contributed by atoms with Crippen LogP contribution >= 0.6 is 0 Å². The fourth-order valence-electron chi connectivity index (χ4n) is 2.10. The molecule has 0 N–H and O–H groups in total. The summed E-state index contributed by atoms with van der Waals surface area (Å²) in [7, 11) is 1.70. The van der Waals surface area contributed by atoms with Gasteiger partial charge in [0.2, 0.25) is 5.91 Å². The van der Waals surface area contributed by atoms with Crippen molar-refractivity contribution in [3.63, 3.8) is 0 Å². The van der Waals surface area contributed by atoms with E-state index >= 15 is 0 Å². The molecule has 0 heterocycles. The third-order valence-electron chi connectivity index (χ3n) is 3.59. The molecule has 0 saturated carbocycles. The average Bonchev–Trinajstić information content (AvgIpc) is 2.58. The molecule has 0 spiro atoms. The van der Waals surface area contributed by atoms with Crippen LogP contribution in [0.1, 0.15) is 24.5 Å². The summed E-state index contributed by atoms with van der Waals surface area (Å²) >= 11 is 0. The van der Waals surface area contributed by atoms with E-state index in [9.17, 15) is 18.0 Å². The molecular weight excluding hydrogens is 319 g/mol. The maximum Gasteiger partial charge on any atom is 0.416 e. The third kappa shape index (κ3) is 4.50. The van der Waals surface area contributed by atoms with Crippen molar-refractivity contribution in [1.29, 1.82) is 0 Å². The highest BCUT2D eigenvalue weighted by Gasteiger charge is 2.29. The molecule has 128 valence electrons. The molecule has 24 heavy (non-hydrogen) atoms. The van der Waals surface area contributed by atoms with Gasteiger partial charge >= 0.3 is 6.18 Å². The van der Waals surface area contributed by atoms with Gasteiger partial charge in [0.1, 0.15) is 12.4 Å². The van der Waals surface area contributed by atoms with E-state index in [0.717, 1.165) is 17.8 Å². The van der Waals surface area contributed by atoms with Gasteiger partial charge in [-0.1, -0.05) is 19.1 Å². The second-order valence-electron chi connectivity index (χ2n) is 5.28. The summed E-state index contributed by atoms with van der Waals surface area (Å²) in [5.41, 5.74) is 0.716. The van der Waals surface area contributed by atoms with Gasteiger partial charge in [0, 0.05) is 19.2 Å². The normalized spacial score (nSPS) is 11.2. The molecule has 0 bridgehead atoms. The number of benzene rings is 2. The first-order chi connectivity index (χ1) is 11.3. The van der Waals surface area contributed by atoms with Gasteiger partial charge in [-0.3, -0.25) is 4.79 Å². The Morgan fingerprint density at radius 2 is 1.62 bits per heavy atom. The number of ether oxygens (including phenoxy) is 1. The molecule has 2 aromatic carbocycles. The van der Waals surface area contributed by atoms with Crippen LogP contribution in [0.15, 0.2) is 48.5 Å². The van der Waals surface area contributed by atoms with Crippen LogP contribution in [0.3, 0.4) is 0 Å². The number of anilines is 1. The Morgan fingerprint density at radius 3 is 2.12 bits per heavy atom. The number of alkyl halides is 3. The zero-order valence-corrected chi connectivity index (χ0v) is 13.4. The smallest absolute Gasteiger partial charge is 0.416 e. The Bertz CT molecular complexity index is 679. The molecule has 0 atom stereocenters. The quantitative estimate of drug-likeness (QED) is 0.794. The van der Waals surface area contributed by atoms with Gasteiger partial charge < -0.3 is 9.64 Å². The van der Waals surface area contributed by atoms with Crippen molar-refractivity contribution in [3.05, 3.63) is 59.7 Å². The van der Waals surface area contributed by atoms with Crippen LogP contribution in [0, 0.1) is 0 Å². The summed E-state index contributed by atoms with van der Waals surface area (Å²) in [5.74, 6) is 0.587. The van der Waals surface area contributed by atoms with E-state index in [1.807, 2.05) is 0 Å². The second-order valence-corrected chi connectivity index (χ2v) is 5.28. The van der Waals surface area contributed by atoms with Crippen molar-refractivity contribution in [2.24, 2.45) is 0 Å². The molecule has 2 aromatic rings. The Hall–Kier alpha value is -2.50. The molecule has 0 unspecified atom stereocenters. The largest absolute Gasteiger partial charge is 0.489 e. The zero-order valence-electron chi connectivity index (χ0n) is 13.4. The molecule has 6 heteroatoms. The lowest BCUT2D eigenvalue weighted by Gasteiger charge is -2.17. The van der Waals surface area contributed by atoms with E-state index in [4.69, 9.17) is 4.74 Å². The van der Waals surface area contributed by atoms with Crippen LogP contribution < -0.4 is 9.64 Å². The van der Waals surface area contributed by atoms with Gasteiger partial charge in [-0.05, 0) is 42.0 Å². The highest BCUT2D eigenvalue weighted by atomic mass is 19.4. The van der Waals surface area contributed by atoms with Crippen LogP contribution in [-0.2, 0) is 17.6 Å². The predicted octanol–water partition coefficient (Wildman–Crippen LogP) is 4.66. The third-order valence-corrected chi connectivity index (χ3v) is 3.59. The first-order valence-corrected chi connectivity index (χ1v) is 7.47. The minimum atomic E-state index is -4.34.